The first kappa shape index (κ1) is 16.5. The van der Waals surface area contributed by atoms with Crippen LogP contribution in [0, 0.1) is 0 Å². The Balaban J connectivity index is 2.04. The maximum absolute atomic E-state index is 12.5. The molecule has 2 heterocycles. The number of carbonyl (C=O) groups excluding carboxylic acids is 1. The molecule has 0 radical (unpaired) electrons. The van der Waals surface area contributed by atoms with Crippen LogP contribution in [0.5, 0.6) is 5.75 Å². The summed E-state index contributed by atoms with van der Waals surface area (Å²) in [6, 6.07) is 3.42. The van der Waals surface area contributed by atoms with Crippen molar-refractivity contribution < 1.29 is 19.0 Å². The zero-order valence-electron chi connectivity index (χ0n) is 13.8. The first-order valence-corrected chi connectivity index (χ1v) is 7.38. The summed E-state index contributed by atoms with van der Waals surface area (Å²) in [5.41, 5.74) is -1.27. The molecule has 1 aliphatic heterocycles. The molecule has 1 aliphatic rings. The monoisotopic (exact) mass is 308 g/mol. The molecular weight excluding hydrogens is 284 g/mol. The molecule has 2 rings (SSSR count). The summed E-state index contributed by atoms with van der Waals surface area (Å²) in [5.74, 6) is 0.663. The van der Waals surface area contributed by atoms with Gasteiger partial charge in [0.1, 0.15) is 23.7 Å². The Hall–Kier alpha value is -1.82. The predicted molar refractivity (Wildman–Crippen MR) is 81.6 cm³/mol. The highest BCUT2D eigenvalue weighted by atomic mass is 16.6. The van der Waals surface area contributed by atoms with Crippen molar-refractivity contribution in [3.63, 3.8) is 0 Å². The van der Waals surface area contributed by atoms with Crippen LogP contribution in [0.15, 0.2) is 24.5 Å². The predicted octanol–water partition coefficient (Wildman–Crippen LogP) is 2.83. The van der Waals surface area contributed by atoms with Gasteiger partial charge in [-0.1, -0.05) is 0 Å². The summed E-state index contributed by atoms with van der Waals surface area (Å²) in [5, 5.41) is 0. The minimum atomic E-state index is -0.717. The molecule has 0 spiro atoms. The second-order valence-corrected chi connectivity index (χ2v) is 6.76. The van der Waals surface area contributed by atoms with Gasteiger partial charge in [0.15, 0.2) is 0 Å². The number of rotatable bonds is 3. The average Bonchev–Trinajstić information content (AvgIpc) is 2.71. The lowest BCUT2D eigenvalue weighted by Gasteiger charge is -2.34. The Morgan fingerprint density at radius 1 is 1.50 bits per heavy atom. The van der Waals surface area contributed by atoms with Gasteiger partial charge in [-0.25, -0.2) is 4.79 Å². The molecule has 1 amide bonds. The fraction of sp³-hybridized carbons (Fsp3) is 0.625. The van der Waals surface area contributed by atoms with Crippen LogP contribution in [0.3, 0.4) is 0 Å². The molecule has 6 heteroatoms. The van der Waals surface area contributed by atoms with E-state index in [1.807, 2.05) is 40.7 Å². The lowest BCUT2D eigenvalue weighted by Crippen LogP contribution is -2.51. The van der Waals surface area contributed by atoms with Crippen molar-refractivity contribution in [2.75, 3.05) is 13.2 Å². The Kier molecular flexibility index (Phi) is 4.60. The number of aromatic nitrogens is 1. The van der Waals surface area contributed by atoms with Gasteiger partial charge < -0.3 is 14.2 Å². The molecule has 0 saturated carbocycles. The molecule has 1 atom stereocenters. The zero-order chi connectivity index (χ0) is 16.4. The molecule has 0 bridgehead atoms. The highest BCUT2D eigenvalue weighted by Gasteiger charge is 2.46. The second-order valence-electron chi connectivity index (χ2n) is 6.76. The molecule has 1 aromatic rings. The third-order valence-corrected chi connectivity index (χ3v) is 3.24. The van der Waals surface area contributed by atoms with Crippen molar-refractivity contribution in [1.82, 2.24) is 9.88 Å². The summed E-state index contributed by atoms with van der Waals surface area (Å²) >= 11 is 0. The topological polar surface area (TPSA) is 60.9 Å². The van der Waals surface area contributed by atoms with E-state index < -0.39 is 17.4 Å². The van der Waals surface area contributed by atoms with Gasteiger partial charge in [0.2, 0.25) is 0 Å². The molecule has 122 valence electrons. The third kappa shape index (κ3) is 4.10. The van der Waals surface area contributed by atoms with Crippen LogP contribution < -0.4 is 4.74 Å². The van der Waals surface area contributed by atoms with E-state index in [1.165, 1.54) is 0 Å². The molecule has 1 fully saturated rings. The second kappa shape index (κ2) is 6.12. The lowest BCUT2D eigenvalue weighted by molar-refractivity contribution is -0.0637. The summed E-state index contributed by atoms with van der Waals surface area (Å²) < 4.78 is 16.9. The lowest BCUT2D eigenvalue weighted by atomic mass is 10.2. The van der Waals surface area contributed by atoms with Gasteiger partial charge in [-0.05, 0) is 46.8 Å². The standard InChI is InChI=1S/C16H24N2O4/c1-15(2,3)22-14(19)18-12(11-21-16(18,4)5)10-20-13-7-6-8-17-9-13/h6-9,12H,10-11H2,1-5H3/t12-/m1/s1. The van der Waals surface area contributed by atoms with Crippen molar-refractivity contribution in [3.8, 4) is 5.75 Å². The van der Waals surface area contributed by atoms with Crippen molar-refractivity contribution in [3.05, 3.63) is 24.5 Å². The quantitative estimate of drug-likeness (QED) is 0.859. The fourth-order valence-corrected chi connectivity index (χ4v) is 2.31. The number of ether oxygens (including phenoxy) is 3. The van der Waals surface area contributed by atoms with E-state index in [0.29, 0.717) is 19.0 Å². The van der Waals surface area contributed by atoms with Gasteiger partial charge in [0.05, 0.1) is 18.8 Å². The van der Waals surface area contributed by atoms with Crippen molar-refractivity contribution in [2.45, 2.75) is 52.0 Å². The van der Waals surface area contributed by atoms with E-state index in [4.69, 9.17) is 14.2 Å². The van der Waals surface area contributed by atoms with Crippen molar-refractivity contribution in [1.29, 1.82) is 0 Å². The molecule has 6 nitrogen and oxygen atoms in total. The Morgan fingerprint density at radius 2 is 2.23 bits per heavy atom. The first-order valence-electron chi connectivity index (χ1n) is 7.38. The normalized spacial score (nSPS) is 20.8. The number of pyridine rings is 1. The minimum absolute atomic E-state index is 0.204. The van der Waals surface area contributed by atoms with Crippen molar-refractivity contribution >= 4 is 6.09 Å². The smallest absolute Gasteiger partial charge is 0.413 e. The van der Waals surface area contributed by atoms with Crippen molar-refractivity contribution in [2.24, 2.45) is 0 Å². The van der Waals surface area contributed by atoms with Gasteiger partial charge in [-0.3, -0.25) is 9.88 Å². The maximum atomic E-state index is 12.5. The first-order chi connectivity index (χ1) is 10.2. The Bertz CT molecular complexity index is 511. The van der Waals surface area contributed by atoms with Gasteiger partial charge in [-0.15, -0.1) is 0 Å². The molecule has 0 aliphatic carbocycles. The average molecular weight is 308 g/mol. The molecule has 1 saturated heterocycles. The number of carbonyl (C=O) groups is 1. The molecule has 0 N–H and O–H groups in total. The van der Waals surface area contributed by atoms with E-state index in [0.717, 1.165) is 0 Å². The van der Waals surface area contributed by atoms with Gasteiger partial charge in [0.25, 0.3) is 0 Å². The Labute approximate surface area is 131 Å². The molecule has 1 aromatic heterocycles. The maximum Gasteiger partial charge on any atom is 0.413 e. The zero-order valence-corrected chi connectivity index (χ0v) is 13.8. The third-order valence-electron chi connectivity index (χ3n) is 3.24. The highest BCUT2D eigenvalue weighted by Crippen LogP contribution is 2.29. The van der Waals surface area contributed by atoms with E-state index in [1.54, 1.807) is 23.4 Å². The molecule has 22 heavy (non-hydrogen) atoms. The van der Waals surface area contributed by atoms with Crippen LogP contribution in [0.25, 0.3) is 0 Å². The summed E-state index contributed by atoms with van der Waals surface area (Å²) in [6.45, 7) is 9.96. The van der Waals surface area contributed by atoms with Crippen LogP contribution in [0.4, 0.5) is 4.79 Å². The fourth-order valence-electron chi connectivity index (χ4n) is 2.31. The van der Waals surface area contributed by atoms with Crippen LogP contribution >= 0.6 is 0 Å². The number of amides is 1. The van der Waals surface area contributed by atoms with E-state index >= 15 is 0 Å². The largest absolute Gasteiger partial charge is 0.490 e. The van der Waals surface area contributed by atoms with Gasteiger partial charge in [0, 0.05) is 6.20 Å². The Morgan fingerprint density at radius 3 is 2.82 bits per heavy atom. The summed E-state index contributed by atoms with van der Waals surface area (Å²) in [6.07, 6.45) is 2.93. The molecule has 0 unspecified atom stereocenters. The highest BCUT2D eigenvalue weighted by molar-refractivity contribution is 5.69. The van der Waals surface area contributed by atoms with Crippen LogP contribution in [0.2, 0.25) is 0 Å². The van der Waals surface area contributed by atoms with Gasteiger partial charge >= 0.3 is 6.09 Å². The van der Waals surface area contributed by atoms with Gasteiger partial charge in [-0.2, -0.15) is 0 Å². The minimum Gasteiger partial charge on any atom is -0.490 e. The van der Waals surface area contributed by atoms with Crippen LogP contribution in [-0.2, 0) is 9.47 Å². The number of hydrogen-bond donors (Lipinski definition) is 0. The molecule has 0 aromatic carbocycles. The SMILES string of the molecule is CC(C)(C)OC(=O)N1[C@H](COc2cccnc2)COC1(C)C. The van der Waals surface area contributed by atoms with E-state index in [2.05, 4.69) is 4.98 Å². The summed E-state index contributed by atoms with van der Waals surface area (Å²) in [7, 11) is 0. The van der Waals surface area contributed by atoms with E-state index in [-0.39, 0.29) is 6.04 Å². The van der Waals surface area contributed by atoms with Crippen LogP contribution in [0.1, 0.15) is 34.6 Å². The molecular formula is C16H24N2O4. The number of hydrogen-bond acceptors (Lipinski definition) is 5. The summed E-state index contributed by atoms with van der Waals surface area (Å²) in [4.78, 5) is 18.1. The van der Waals surface area contributed by atoms with E-state index in [9.17, 15) is 4.79 Å². The number of nitrogens with zero attached hydrogens (tertiary/aromatic N) is 2. The van der Waals surface area contributed by atoms with Crippen LogP contribution in [-0.4, -0.2) is 46.6 Å².